The molecule has 5 heterocycles. The van der Waals surface area contributed by atoms with Gasteiger partial charge in [0.25, 0.3) is 11.8 Å². The number of carbonyl (C=O) groups excluding carboxylic acids is 2. The number of benzene rings is 1. The van der Waals surface area contributed by atoms with Crippen LogP contribution in [0.1, 0.15) is 50.6 Å². The Bertz CT molecular complexity index is 2120. The van der Waals surface area contributed by atoms with Crippen LogP contribution in [0.3, 0.4) is 0 Å². The molecule has 19 heteroatoms. The quantitative estimate of drug-likeness (QED) is 0.0765. The maximum atomic E-state index is 13.8. The topological polar surface area (TPSA) is 240 Å². The highest BCUT2D eigenvalue weighted by atomic mass is 32.2. The summed E-state index contributed by atoms with van der Waals surface area (Å²) in [5.74, 6) is -3.82. The van der Waals surface area contributed by atoms with E-state index in [2.05, 4.69) is 20.6 Å². The number of oxime groups is 1. The molecule has 0 saturated carbocycles. The van der Waals surface area contributed by atoms with Gasteiger partial charge in [0.2, 0.25) is 11.0 Å². The Kier molecular flexibility index (Phi) is 9.79. The molecule has 2 fully saturated rings. The number of phenols is 1. The summed E-state index contributed by atoms with van der Waals surface area (Å²) < 4.78 is 2.07. The van der Waals surface area contributed by atoms with Crippen molar-refractivity contribution < 1.29 is 43.8 Å². The van der Waals surface area contributed by atoms with Crippen molar-refractivity contribution in [3.05, 3.63) is 56.0 Å². The van der Waals surface area contributed by atoms with Crippen LogP contribution >= 0.6 is 23.1 Å². The van der Waals surface area contributed by atoms with Crippen LogP contribution < -0.4 is 16.5 Å². The maximum absolute atomic E-state index is 13.8. The lowest BCUT2D eigenvalue weighted by atomic mass is 10.0. The fourth-order valence-electron chi connectivity index (χ4n) is 6.74. The van der Waals surface area contributed by atoms with Crippen molar-refractivity contribution in [3.8, 4) is 5.75 Å². The second kappa shape index (κ2) is 13.8. The highest BCUT2D eigenvalue weighted by molar-refractivity contribution is 8.00. The standard InChI is InChI=1S/C33H38N8O9S2/c1-5-39-21-11-22(42)16(2)10-18(21)26(43)19(37-39)13-41(8-6-7-9-41)12-17-14-51-29-24(28(45)40(29)25(17)30(46)47)36-27(44)23(20-15-52-32(34)35-20)38-50-33(3,4)31(48)49/h10-11,15,24,29H,5-9,12-14H2,1-4H3,(H5-,34,35,36,42,43,44,46,47,48,49)/p+1/b38-23-/t24-,29-/m1/s1. The van der Waals surface area contributed by atoms with Gasteiger partial charge in [-0.1, -0.05) is 5.16 Å². The Morgan fingerprint density at radius 1 is 1.17 bits per heavy atom. The number of thiazole rings is 1. The summed E-state index contributed by atoms with van der Waals surface area (Å²) in [6, 6.07) is 2.09. The number of aromatic hydroxyl groups is 1. The lowest BCUT2D eigenvalue weighted by molar-refractivity contribution is -0.925. The molecule has 276 valence electrons. The average molecular weight is 756 g/mol. The molecule has 52 heavy (non-hydrogen) atoms. The number of nitrogens with two attached hydrogens (primary N) is 1. The van der Waals surface area contributed by atoms with E-state index in [1.54, 1.807) is 23.7 Å². The first kappa shape index (κ1) is 36.8. The number of nitrogens with one attached hydrogen (secondary N) is 1. The first-order valence-electron chi connectivity index (χ1n) is 16.6. The van der Waals surface area contributed by atoms with Crippen molar-refractivity contribution >= 4 is 68.6 Å². The molecule has 6 N–H and O–H groups in total. The lowest BCUT2D eigenvalue weighted by Gasteiger charge is -2.50. The number of amides is 2. The van der Waals surface area contributed by atoms with E-state index in [1.807, 2.05) is 6.92 Å². The van der Waals surface area contributed by atoms with Crippen molar-refractivity contribution in [1.82, 2.24) is 25.0 Å². The van der Waals surface area contributed by atoms with E-state index in [4.69, 9.17) is 10.6 Å². The average Bonchev–Trinajstić information content (AvgIpc) is 3.74. The van der Waals surface area contributed by atoms with Crippen LogP contribution in [0, 0.1) is 6.92 Å². The molecule has 2 saturated heterocycles. The van der Waals surface area contributed by atoms with Crippen LogP contribution in [0.5, 0.6) is 5.75 Å². The summed E-state index contributed by atoms with van der Waals surface area (Å²) in [4.78, 5) is 75.6. The van der Waals surface area contributed by atoms with E-state index in [-0.39, 0.29) is 46.5 Å². The van der Waals surface area contributed by atoms with Crippen LogP contribution in [0.25, 0.3) is 10.9 Å². The fourth-order valence-corrected chi connectivity index (χ4v) is 8.62. The molecule has 3 aliphatic rings. The van der Waals surface area contributed by atoms with Crippen molar-refractivity contribution in [3.63, 3.8) is 0 Å². The molecule has 0 unspecified atom stereocenters. The molecule has 17 nitrogen and oxygen atoms in total. The summed E-state index contributed by atoms with van der Waals surface area (Å²) in [5, 5.41) is 42.5. The summed E-state index contributed by atoms with van der Waals surface area (Å²) in [5.41, 5.74) is 5.15. The molecular formula is C33H39N8O9S2+. The minimum absolute atomic E-state index is 0.00836. The molecule has 2 aromatic heterocycles. The van der Waals surface area contributed by atoms with Crippen molar-refractivity contribution in [2.45, 2.75) is 70.6 Å². The van der Waals surface area contributed by atoms with E-state index >= 15 is 0 Å². The molecule has 0 bridgehead atoms. The molecule has 0 radical (unpaired) electrons. The van der Waals surface area contributed by atoms with Gasteiger partial charge < -0.3 is 35.7 Å². The number of fused-ring (bicyclic) bond motifs is 2. The number of carbonyl (C=O) groups is 4. The van der Waals surface area contributed by atoms with Gasteiger partial charge >= 0.3 is 11.9 Å². The van der Waals surface area contributed by atoms with Gasteiger partial charge in [-0.2, -0.15) is 5.10 Å². The highest BCUT2D eigenvalue weighted by Crippen LogP contribution is 2.42. The van der Waals surface area contributed by atoms with E-state index < -0.39 is 46.5 Å². The van der Waals surface area contributed by atoms with Crippen molar-refractivity contribution in [1.29, 1.82) is 0 Å². The van der Waals surface area contributed by atoms with Gasteiger partial charge in [-0.25, -0.2) is 14.6 Å². The Hall–Kier alpha value is -5.01. The summed E-state index contributed by atoms with van der Waals surface area (Å²) in [6.45, 7) is 8.47. The monoisotopic (exact) mass is 755 g/mol. The number of nitrogens with zero attached hydrogens (tertiary/aromatic N) is 6. The third kappa shape index (κ3) is 6.70. The zero-order valence-corrected chi connectivity index (χ0v) is 30.5. The second-order valence-electron chi connectivity index (χ2n) is 13.6. The Balaban J connectivity index is 1.26. The Morgan fingerprint density at radius 2 is 1.88 bits per heavy atom. The lowest BCUT2D eigenvalue weighted by Crippen LogP contribution is -2.71. The smallest absolute Gasteiger partial charge is 0.352 e. The normalized spacial score (nSPS) is 20.1. The number of rotatable bonds is 12. The van der Waals surface area contributed by atoms with E-state index in [0.717, 1.165) is 24.2 Å². The predicted molar refractivity (Wildman–Crippen MR) is 191 cm³/mol. The summed E-state index contributed by atoms with van der Waals surface area (Å²) in [7, 11) is 0. The number of β-lactam (4-membered cyclic amide) rings is 1. The number of aliphatic carboxylic acids is 2. The van der Waals surface area contributed by atoms with Crippen LogP contribution in [0.2, 0.25) is 0 Å². The molecule has 0 spiro atoms. The number of phenolic OH excluding ortho intramolecular Hbond substituents is 1. The number of aromatic nitrogens is 3. The van der Waals surface area contributed by atoms with Crippen LogP contribution in [-0.2, 0) is 37.1 Å². The van der Waals surface area contributed by atoms with Gasteiger partial charge in [0.1, 0.15) is 41.6 Å². The van der Waals surface area contributed by atoms with Crippen molar-refractivity contribution in [2.24, 2.45) is 5.16 Å². The maximum Gasteiger partial charge on any atom is 0.352 e. The number of quaternary nitrogens is 1. The number of likely N-dealkylation sites (tertiary alicyclic amines) is 1. The molecule has 2 atom stereocenters. The van der Waals surface area contributed by atoms with Gasteiger partial charge in [0.05, 0.1) is 18.6 Å². The fraction of sp³-hybridized carbons (Fsp3) is 0.455. The number of hydrogen-bond acceptors (Lipinski definition) is 13. The van der Waals surface area contributed by atoms with E-state index in [1.165, 1.54) is 35.9 Å². The summed E-state index contributed by atoms with van der Waals surface area (Å²) in [6.07, 6.45) is 1.74. The van der Waals surface area contributed by atoms with Crippen LogP contribution in [0.15, 0.2) is 38.7 Å². The Morgan fingerprint density at radius 3 is 2.50 bits per heavy atom. The van der Waals surface area contributed by atoms with E-state index in [9.17, 15) is 39.3 Å². The third-order valence-electron chi connectivity index (χ3n) is 9.56. The van der Waals surface area contributed by atoms with E-state index in [0.29, 0.717) is 51.9 Å². The van der Waals surface area contributed by atoms with Crippen LogP contribution in [0.4, 0.5) is 5.13 Å². The predicted octanol–water partition coefficient (Wildman–Crippen LogP) is 1.60. The number of aryl methyl sites for hydroxylation is 2. The van der Waals surface area contributed by atoms with Gasteiger partial charge in [0.15, 0.2) is 16.5 Å². The van der Waals surface area contributed by atoms with Gasteiger partial charge in [-0.05, 0) is 39.3 Å². The summed E-state index contributed by atoms with van der Waals surface area (Å²) >= 11 is 2.32. The van der Waals surface area contributed by atoms with Crippen LogP contribution in [-0.4, -0.2) is 111 Å². The largest absolute Gasteiger partial charge is 0.508 e. The minimum atomic E-state index is -1.79. The first-order valence-corrected chi connectivity index (χ1v) is 18.5. The molecule has 6 rings (SSSR count). The molecule has 3 aliphatic heterocycles. The minimum Gasteiger partial charge on any atom is -0.508 e. The number of carboxylic acids is 2. The first-order chi connectivity index (χ1) is 24.6. The van der Waals surface area contributed by atoms with Crippen molar-refractivity contribution in [2.75, 3.05) is 31.1 Å². The zero-order valence-electron chi connectivity index (χ0n) is 28.9. The number of carboxylic acid groups (broad SMARTS) is 2. The van der Waals surface area contributed by atoms with Gasteiger partial charge in [0, 0.05) is 47.5 Å². The van der Waals surface area contributed by atoms with Gasteiger partial charge in [-0.3, -0.25) is 24.0 Å². The highest BCUT2D eigenvalue weighted by Gasteiger charge is 2.55. The second-order valence-corrected chi connectivity index (χ2v) is 15.6. The zero-order chi connectivity index (χ0) is 37.7. The number of hydrogen-bond donors (Lipinski definition) is 5. The molecule has 2 amide bonds. The Labute approximate surface area is 305 Å². The number of anilines is 1. The molecule has 1 aromatic carbocycles. The van der Waals surface area contributed by atoms with Gasteiger partial charge in [-0.15, -0.1) is 23.1 Å². The molecule has 3 aromatic rings. The number of thioether (sulfide) groups is 1. The SMILES string of the molecule is CCn1nc(C[N+]2(CC3=C(C(=O)O)N4C(=O)[C@@H](NC(=O)/C(=N\OC(C)(C)C(=O)O)c5csc(N)n5)[C@H]4SC3)CCCC2)c(=O)c2cc(C)c(O)cc21. The number of nitrogen functional groups attached to an aromatic ring is 1. The molecule has 0 aliphatic carbocycles. The molecular weight excluding hydrogens is 717 g/mol. The third-order valence-corrected chi connectivity index (χ3v) is 11.6.